The third-order valence-electron chi connectivity index (χ3n) is 3.45. The first-order chi connectivity index (χ1) is 9.10. The van der Waals surface area contributed by atoms with Crippen LogP contribution in [0.4, 0.5) is 0 Å². The van der Waals surface area contributed by atoms with Crippen LogP contribution in [-0.4, -0.2) is 17.7 Å². The standard InChI is InChI=1S/C16H24O3/c1-4-6-9-13(5-2)11-19-16(18)14-10-7-8-12(3)15(14)17/h7-8,10,13,17H,4-6,9,11H2,1-3H3. The summed E-state index contributed by atoms with van der Waals surface area (Å²) in [6.07, 6.45) is 4.40. The normalized spacial score (nSPS) is 12.2. The largest absolute Gasteiger partial charge is 0.507 e. The number of ether oxygens (including phenoxy) is 1. The number of phenols is 1. The summed E-state index contributed by atoms with van der Waals surface area (Å²) in [6.45, 7) is 6.47. The minimum atomic E-state index is -0.434. The van der Waals surface area contributed by atoms with E-state index < -0.39 is 5.97 Å². The van der Waals surface area contributed by atoms with E-state index in [4.69, 9.17) is 4.74 Å². The molecule has 0 aliphatic rings. The number of para-hydroxylation sites is 1. The van der Waals surface area contributed by atoms with Gasteiger partial charge in [0.1, 0.15) is 11.3 Å². The molecule has 0 spiro atoms. The summed E-state index contributed by atoms with van der Waals surface area (Å²) in [4.78, 5) is 11.9. The van der Waals surface area contributed by atoms with Gasteiger partial charge in [-0.3, -0.25) is 0 Å². The van der Waals surface area contributed by atoms with Gasteiger partial charge in [-0.2, -0.15) is 0 Å². The SMILES string of the molecule is CCCCC(CC)COC(=O)c1cccc(C)c1O. The van der Waals surface area contributed by atoms with Gasteiger partial charge in [0.25, 0.3) is 0 Å². The summed E-state index contributed by atoms with van der Waals surface area (Å²) in [7, 11) is 0. The van der Waals surface area contributed by atoms with E-state index in [-0.39, 0.29) is 11.3 Å². The monoisotopic (exact) mass is 264 g/mol. The first-order valence-electron chi connectivity index (χ1n) is 7.05. The maximum Gasteiger partial charge on any atom is 0.341 e. The molecule has 3 nitrogen and oxygen atoms in total. The number of aromatic hydroxyl groups is 1. The van der Waals surface area contributed by atoms with Crippen LogP contribution in [0.3, 0.4) is 0 Å². The molecule has 0 aliphatic heterocycles. The highest BCUT2D eigenvalue weighted by Gasteiger charge is 2.15. The van der Waals surface area contributed by atoms with E-state index >= 15 is 0 Å². The zero-order chi connectivity index (χ0) is 14.3. The second-order valence-corrected chi connectivity index (χ2v) is 4.99. The molecule has 0 heterocycles. The van der Waals surface area contributed by atoms with Gasteiger partial charge in [-0.15, -0.1) is 0 Å². The van der Waals surface area contributed by atoms with Crippen molar-refractivity contribution in [2.45, 2.75) is 46.5 Å². The Hall–Kier alpha value is -1.51. The van der Waals surface area contributed by atoms with Gasteiger partial charge >= 0.3 is 5.97 Å². The van der Waals surface area contributed by atoms with Crippen molar-refractivity contribution < 1.29 is 14.6 Å². The van der Waals surface area contributed by atoms with Crippen LogP contribution in [0, 0.1) is 12.8 Å². The number of phenolic OH excluding ortho intramolecular Hbond substituents is 1. The summed E-state index contributed by atoms with van der Waals surface area (Å²) in [5.74, 6) is 0.00103. The van der Waals surface area contributed by atoms with Gasteiger partial charge in [0.2, 0.25) is 0 Å². The molecule has 0 fully saturated rings. The molecule has 1 aromatic carbocycles. The Morgan fingerprint density at radius 3 is 2.74 bits per heavy atom. The number of carbonyl (C=O) groups is 1. The second-order valence-electron chi connectivity index (χ2n) is 4.99. The van der Waals surface area contributed by atoms with Crippen LogP contribution in [0.25, 0.3) is 0 Å². The summed E-state index contributed by atoms with van der Waals surface area (Å²) in [5.41, 5.74) is 0.942. The lowest BCUT2D eigenvalue weighted by molar-refractivity contribution is 0.0425. The molecule has 106 valence electrons. The zero-order valence-electron chi connectivity index (χ0n) is 12.1. The molecule has 1 atom stereocenters. The Morgan fingerprint density at radius 1 is 1.37 bits per heavy atom. The van der Waals surface area contributed by atoms with Crippen molar-refractivity contribution in [1.29, 1.82) is 0 Å². The van der Waals surface area contributed by atoms with Gasteiger partial charge in [0, 0.05) is 0 Å². The molecule has 0 radical (unpaired) electrons. The van der Waals surface area contributed by atoms with Crippen LogP contribution in [0.1, 0.15) is 55.5 Å². The van der Waals surface area contributed by atoms with Gasteiger partial charge in [-0.1, -0.05) is 45.2 Å². The second kappa shape index (κ2) is 7.82. The number of aryl methyl sites for hydroxylation is 1. The van der Waals surface area contributed by atoms with Crippen molar-refractivity contribution in [3.8, 4) is 5.75 Å². The number of carbonyl (C=O) groups excluding carboxylic acids is 1. The van der Waals surface area contributed by atoms with E-state index in [0.717, 1.165) is 25.7 Å². The molecule has 0 saturated carbocycles. The lowest BCUT2D eigenvalue weighted by Gasteiger charge is -2.15. The van der Waals surface area contributed by atoms with Crippen LogP contribution in [0.15, 0.2) is 18.2 Å². The van der Waals surface area contributed by atoms with Crippen molar-refractivity contribution in [2.24, 2.45) is 5.92 Å². The minimum absolute atomic E-state index is 0.0223. The lowest BCUT2D eigenvalue weighted by atomic mass is 10.0. The smallest absolute Gasteiger partial charge is 0.341 e. The van der Waals surface area contributed by atoms with Crippen molar-refractivity contribution in [2.75, 3.05) is 6.61 Å². The fourth-order valence-corrected chi connectivity index (χ4v) is 1.99. The molecule has 0 aromatic heterocycles. The Morgan fingerprint density at radius 2 is 2.11 bits per heavy atom. The average molecular weight is 264 g/mol. The average Bonchev–Trinajstić information content (AvgIpc) is 2.42. The van der Waals surface area contributed by atoms with Gasteiger partial charge in [0.15, 0.2) is 0 Å². The Bertz CT molecular complexity index is 412. The molecular formula is C16H24O3. The highest BCUT2D eigenvalue weighted by Crippen LogP contribution is 2.22. The molecule has 0 amide bonds. The minimum Gasteiger partial charge on any atom is -0.507 e. The first kappa shape index (κ1) is 15.5. The third kappa shape index (κ3) is 4.58. The highest BCUT2D eigenvalue weighted by atomic mass is 16.5. The van der Waals surface area contributed by atoms with Crippen LogP contribution in [0.2, 0.25) is 0 Å². The molecule has 1 N–H and O–H groups in total. The van der Waals surface area contributed by atoms with Crippen molar-refractivity contribution in [1.82, 2.24) is 0 Å². The molecule has 1 unspecified atom stereocenters. The Labute approximate surface area is 115 Å². The summed E-state index contributed by atoms with van der Waals surface area (Å²) < 4.78 is 5.32. The zero-order valence-corrected chi connectivity index (χ0v) is 12.1. The molecule has 1 aromatic rings. The predicted octanol–water partition coefficient (Wildman–Crippen LogP) is 4.07. The molecule has 0 aliphatic carbocycles. The van der Waals surface area contributed by atoms with Crippen molar-refractivity contribution >= 4 is 5.97 Å². The van der Waals surface area contributed by atoms with E-state index in [1.165, 1.54) is 0 Å². The number of unbranched alkanes of at least 4 members (excludes halogenated alkanes) is 1. The van der Waals surface area contributed by atoms with Gasteiger partial charge in [-0.05, 0) is 30.9 Å². The van der Waals surface area contributed by atoms with Gasteiger partial charge < -0.3 is 9.84 Å². The molecule has 19 heavy (non-hydrogen) atoms. The number of esters is 1. The fourth-order valence-electron chi connectivity index (χ4n) is 1.99. The van der Waals surface area contributed by atoms with Crippen molar-refractivity contribution in [3.05, 3.63) is 29.3 Å². The number of rotatable bonds is 7. The van der Waals surface area contributed by atoms with E-state index in [9.17, 15) is 9.90 Å². The van der Waals surface area contributed by atoms with Crippen LogP contribution in [-0.2, 0) is 4.74 Å². The van der Waals surface area contributed by atoms with Gasteiger partial charge in [-0.25, -0.2) is 4.79 Å². The van der Waals surface area contributed by atoms with Crippen LogP contribution in [0.5, 0.6) is 5.75 Å². The van der Waals surface area contributed by atoms with E-state index in [1.54, 1.807) is 25.1 Å². The molecule has 3 heteroatoms. The lowest BCUT2D eigenvalue weighted by Crippen LogP contribution is -2.14. The first-order valence-corrected chi connectivity index (χ1v) is 7.05. The maximum absolute atomic E-state index is 11.9. The number of hydrogen-bond donors (Lipinski definition) is 1. The number of benzene rings is 1. The van der Waals surface area contributed by atoms with Crippen molar-refractivity contribution in [3.63, 3.8) is 0 Å². The van der Waals surface area contributed by atoms with Gasteiger partial charge in [0.05, 0.1) is 6.61 Å². The third-order valence-corrected chi connectivity index (χ3v) is 3.45. The predicted molar refractivity (Wildman–Crippen MR) is 76.4 cm³/mol. The fraction of sp³-hybridized carbons (Fsp3) is 0.562. The van der Waals surface area contributed by atoms with Crippen LogP contribution < -0.4 is 0 Å². The summed E-state index contributed by atoms with van der Waals surface area (Å²) in [5, 5.41) is 9.83. The number of hydrogen-bond acceptors (Lipinski definition) is 3. The maximum atomic E-state index is 11.9. The Balaban J connectivity index is 2.57. The van der Waals surface area contributed by atoms with E-state index in [0.29, 0.717) is 18.1 Å². The van der Waals surface area contributed by atoms with Crippen LogP contribution >= 0.6 is 0 Å². The summed E-state index contributed by atoms with van der Waals surface area (Å²) >= 11 is 0. The van der Waals surface area contributed by atoms with E-state index in [2.05, 4.69) is 13.8 Å². The quantitative estimate of drug-likeness (QED) is 0.755. The molecular weight excluding hydrogens is 240 g/mol. The molecule has 0 saturated heterocycles. The summed E-state index contributed by atoms with van der Waals surface area (Å²) in [6, 6.07) is 5.11. The van der Waals surface area contributed by atoms with E-state index in [1.807, 2.05) is 0 Å². The topological polar surface area (TPSA) is 46.5 Å². The Kier molecular flexibility index (Phi) is 6.40. The molecule has 0 bridgehead atoms. The molecule has 1 rings (SSSR count). The highest BCUT2D eigenvalue weighted by molar-refractivity contribution is 5.92.